The lowest BCUT2D eigenvalue weighted by molar-refractivity contribution is -0.139. The van der Waals surface area contributed by atoms with Gasteiger partial charge in [-0.1, -0.05) is 11.6 Å². The van der Waals surface area contributed by atoms with Gasteiger partial charge in [0.25, 0.3) is 0 Å². The zero-order chi connectivity index (χ0) is 17.9. The summed E-state index contributed by atoms with van der Waals surface area (Å²) in [4.78, 5) is 22.7. The standard InChI is InChI=1S/C16H18ClN3O4/c1-9-12(10(2)20(3)19-9)7-15(21)18-11-4-5-14(13(17)6-11)24-8-16(22)23/h4-6H,7-8H2,1-3H3,(H,18,21)(H,22,23). The fourth-order valence-corrected chi connectivity index (χ4v) is 2.51. The van der Waals surface area contributed by atoms with E-state index in [0.717, 1.165) is 17.0 Å². The summed E-state index contributed by atoms with van der Waals surface area (Å²) in [6.45, 7) is 3.29. The molecule has 2 aromatic rings. The number of hydrogen-bond donors (Lipinski definition) is 2. The van der Waals surface area contributed by atoms with Crippen molar-refractivity contribution in [2.75, 3.05) is 11.9 Å². The summed E-state index contributed by atoms with van der Waals surface area (Å²) in [5.74, 6) is -1.04. The molecule has 0 aliphatic carbocycles. The number of anilines is 1. The molecule has 1 aromatic carbocycles. The molecule has 7 nitrogen and oxygen atoms in total. The van der Waals surface area contributed by atoms with E-state index in [9.17, 15) is 9.59 Å². The number of benzene rings is 1. The highest BCUT2D eigenvalue weighted by atomic mass is 35.5. The summed E-state index contributed by atoms with van der Waals surface area (Å²) in [7, 11) is 1.83. The number of amides is 1. The number of carbonyl (C=O) groups is 2. The quantitative estimate of drug-likeness (QED) is 0.833. The topological polar surface area (TPSA) is 93.5 Å². The van der Waals surface area contributed by atoms with Gasteiger partial charge >= 0.3 is 5.97 Å². The Kier molecular flexibility index (Phi) is 5.46. The van der Waals surface area contributed by atoms with Gasteiger partial charge in [-0.3, -0.25) is 9.48 Å². The highest BCUT2D eigenvalue weighted by Gasteiger charge is 2.14. The monoisotopic (exact) mass is 351 g/mol. The molecule has 2 rings (SSSR count). The molecule has 0 aliphatic heterocycles. The number of nitrogens with zero attached hydrogens (tertiary/aromatic N) is 2. The number of hydrogen-bond acceptors (Lipinski definition) is 4. The van der Waals surface area contributed by atoms with Crippen LogP contribution in [0.1, 0.15) is 17.0 Å². The summed E-state index contributed by atoms with van der Waals surface area (Å²) in [5.41, 5.74) is 3.16. The van der Waals surface area contributed by atoms with E-state index in [1.54, 1.807) is 10.7 Å². The third-order valence-electron chi connectivity index (χ3n) is 3.56. The van der Waals surface area contributed by atoms with Crippen molar-refractivity contribution < 1.29 is 19.4 Å². The van der Waals surface area contributed by atoms with E-state index in [1.807, 2.05) is 20.9 Å². The molecule has 0 unspecified atom stereocenters. The van der Waals surface area contributed by atoms with Crippen molar-refractivity contribution >= 4 is 29.2 Å². The van der Waals surface area contributed by atoms with Crippen molar-refractivity contribution in [3.05, 3.63) is 40.2 Å². The largest absolute Gasteiger partial charge is 0.480 e. The number of aliphatic carboxylic acids is 1. The summed E-state index contributed by atoms with van der Waals surface area (Å²) in [6.07, 6.45) is 0.209. The summed E-state index contributed by atoms with van der Waals surface area (Å²) in [5, 5.41) is 15.9. The van der Waals surface area contributed by atoms with Crippen molar-refractivity contribution in [1.29, 1.82) is 0 Å². The van der Waals surface area contributed by atoms with Gasteiger partial charge in [0.15, 0.2) is 6.61 Å². The molecule has 0 bridgehead atoms. The number of rotatable bonds is 6. The number of ether oxygens (including phenoxy) is 1. The second-order valence-electron chi connectivity index (χ2n) is 5.33. The molecule has 2 N–H and O–H groups in total. The maximum absolute atomic E-state index is 12.2. The van der Waals surface area contributed by atoms with Crippen LogP contribution in [-0.4, -0.2) is 33.4 Å². The number of carbonyl (C=O) groups excluding carboxylic acids is 1. The first-order valence-electron chi connectivity index (χ1n) is 7.21. The van der Waals surface area contributed by atoms with Gasteiger partial charge in [0.05, 0.1) is 17.1 Å². The molecule has 1 heterocycles. The van der Waals surface area contributed by atoms with Crippen LogP contribution in [0.3, 0.4) is 0 Å². The molecule has 1 amide bonds. The Morgan fingerprint density at radius 3 is 2.62 bits per heavy atom. The van der Waals surface area contributed by atoms with Crippen LogP contribution in [0.4, 0.5) is 5.69 Å². The number of aryl methyl sites for hydroxylation is 2. The SMILES string of the molecule is Cc1nn(C)c(C)c1CC(=O)Nc1ccc(OCC(=O)O)c(Cl)c1. The highest BCUT2D eigenvalue weighted by molar-refractivity contribution is 6.32. The molecule has 0 spiro atoms. The maximum atomic E-state index is 12.2. The van der Waals surface area contributed by atoms with E-state index in [2.05, 4.69) is 10.4 Å². The van der Waals surface area contributed by atoms with E-state index in [0.29, 0.717) is 5.69 Å². The lowest BCUT2D eigenvalue weighted by Crippen LogP contribution is -2.15. The smallest absolute Gasteiger partial charge is 0.341 e. The van der Waals surface area contributed by atoms with Crippen molar-refractivity contribution in [3.63, 3.8) is 0 Å². The average molecular weight is 352 g/mol. The predicted molar refractivity (Wildman–Crippen MR) is 89.6 cm³/mol. The second-order valence-corrected chi connectivity index (χ2v) is 5.73. The van der Waals surface area contributed by atoms with Crippen LogP contribution in [0, 0.1) is 13.8 Å². The Morgan fingerprint density at radius 2 is 2.08 bits per heavy atom. The molecule has 24 heavy (non-hydrogen) atoms. The molecular formula is C16H18ClN3O4. The summed E-state index contributed by atoms with van der Waals surface area (Å²) >= 11 is 6.03. The second kappa shape index (κ2) is 7.35. The van der Waals surface area contributed by atoms with Crippen LogP contribution in [0.5, 0.6) is 5.75 Å². The Morgan fingerprint density at radius 1 is 1.38 bits per heavy atom. The fraction of sp³-hybridized carbons (Fsp3) is 0.312. The fourth-order valence-electron chi connectivity index (χ4n) is 2.27. The molecule has 0 radical (unpaired) electrons. The van der Waals surface area contributed by atoms with Gasteiger partial charge in [0.1, 0.15) is 5.75 Å². The van der Waals surface area contributed by atoms with Gasteiger partial charge in [-0.2, -0.15) is 5.10 Å². The first-order valence-corrected chi connectivity index (χ1v) is 7.58. The lowest BCUT2D eigenvalue weighted by Gasteiger charge is -2.09. The Balaban J connectivity index is 2.04. The van der Waals surface area contributed by atoms with E-state index in [-0.39, 0.29) is 23.1 Å². The zero-order valence-electron chi connectivity index (χ0n) is 13.6. The zero-order valence-corrected chi connectivity index (χ0v) is 14.3. The molecule has 1 aromatic heterocycles. The first-order chi connectivity index (χ1) is 11.3. The average Bonchev–Trinajstić information content (AvgIpc) is 2.72. The lowest BCUT2D eigenvalue weighted by atomic mass is 10.1. The molecule has 8 heteroatoms. The molecule has 0 saturated carbocycles. The third kappa shape index (κ3) is 4.26. The van der Waals surface area contributed by atoms with Gasteiger partial charge in [-0.05, 0) is 32.0 Å². The van der Waals surface area contributed by atoms with Crippen LogP contribution in [0.2, 0.25) is 5.02 Å². The van der Waals surface area contributed by atoms with Crippen LogP contribution in [0.15, 0.2) is 18.2 Å². The highest BCUT2D eigenvalue weighted by Crippen LogP contribution is 2.27. The summed E-state index contributed by atoms with van der Waals surface area (Å²) in [6, 6.07) is 4.63. The van der Waals surface area contributed by atoms with Crippen molar-refractivity contribution in [3.8, 4) is 5.75 Å². The van der Waals surface area contributed by atoms with Crippen LogP contribution in [-0.2, 0) is 23.1 Å². The normalized spacial score (nSPS) is 10.5. The van der Waals surface area contributed by atoms with Gasteiger partial charge in [-0.25, -0.2) is 4.79 Å². The third-order valence-corrected chi connectivity index (χ3v) is 3.86. The van der Waals surface area contributed by atoms with Crippen LogP contribution >= 0.6 is 11.6 Å². The maximum Gasteiger partial charge on any atom is 0.341 e. The Bertz CT molecular complexity index is 786. The minimum absolute atomic E-state index is 0.190. The Labute approximate surface area is 144 Å². The first kappa shape index (κ1) is 17.8. The van der Waals surface area contributed by atoms with E-state index < -0.39 is 12.6 Å². The Hall–Kier alpha value is -2.54. The molecule has 0 atom stereocenters. The van der Waals surface area contributed by atoms with Gasteiger partial charge in [0.2, 0.25) is 5.91 Å². The molecule has 0 saturated heterocycles. The van der Waals surface area contributed by atoms with Crippen molar-refractivity contribution in [1.82, 2.24) is 9.78 Å². The number of aromatic nitrogens is 2. The molecule has 128 valence electrons. The predicted octanol–water partition coefficient (Wildman–Crippen LogP) is 2.33. The van der Waals surface area contributed by atoms with Crippen molar-refractivity contribution in [2.24, 2.45) is 7.05 Å². The van der Waals surface area contributed by atoms with E-state index in [1.165, 1.54) is 12.1 Å². The van der Waals surface area contributed by atoms with E-state index in [4.69, 9.17) is 21.4 Å². The molecule has 0 aliphatic rings. The minimum Gasteiger partial charge on any atom is -0.480 e. The van der Waals surface area contributed by atoms with Gasteiger partial charge in [-0.15, -0.1) is 0 Å². The van der Waals surface area contributed by atoms with Crippen LogP contribution < -0.4 is 10.1 Å². The van der Waals surface area contributed by atoms with E-state index >= 15 is 0 Å². The van der Waals surface area contributed by atoms with Crippen molar-refractivity contribution in [2.45, 2.75) is 20.3 Å². The number of carboxylic acids is 1. The number of halogens is 1. The molecule has 0 fully saturated rings. The minimum atomic E-state index is -1.09. The van der Waals surface area contributed by atoms with Gasteiger partial charge in [0, 0.05) is 24.0 Å². The summed E-state index contributed by atoms with van der Waals surface area (Å²) < 4.78 is 6.77. The van der Waals surface area contributed by atoms with Crippen LogP contribution in [0.25, 0.3) is 0 Å². The van der Waals surface area contributed by atoms with Gasteiger partial charge < -0.3 is 15.2 Å². The number of carboxylic acid groups (broad SMARTS) is 1. The number of nitrogens with one attached hydrogen (secondary N) is 1. The molecular weight excluding hydrogens is 334 g/mol.